The Balaban J connectivity index is 2.06. The SMILES string of the molecule is CC(C)c1c2c(cc(Br)c1C1CC(C(=O)O)CN1)OCCCO2. The maximum absolute atomic E-state index is 11.3. The fourth-order valence-electron chi connectivity index (χ4n) is 3.38. The number of rotatable bonds is 3. The summed E-state index contributed by atoms with van der Waals surface area (Å²) in [4.78, 5) is 11.3. The summed E-state index contributed by atoms with van der Waals surface area (Å²) in [6, 6.07) is 1.97. The molecule has 0 bridgehead atoms. The van der Waals surface area contributed by atoms with E-state index in [-0.39, 0.29) is 17.9 Å². The molecule has 1 aromatic carbocycles. The Labute approximate surface area is 144 Å². The minimum atomic E-state index is -0.739. The third-order valence-corrected chi connectivity index (χ3v) is 5.13. The van der Waals surface area contributed by atoms with Crippen molar-refractivity contribution in [1.82, 2.24) is 5.32 Å². The molecule has 2 N–H and O–H groups in total. The van der Waals surface area contributed by atoms with Crippen molar-refractivity contribution in [1.29, 1.82) is 0 Å². The largest absolute Gasteiger partial charge is 0.490 e. The van der Waals surface area contributed by atoms with E-state index in [4.69, 9.17) is 9.47 Å². The van der Waals surface area contributed by atoms with E-state index in [1.54, 1.807) is 0 Å². The maximum atomic E-state index is 11.3. The second-order valence-electron chi connectivity index (χ2n) is 6.45. The van der Waals surface area contributed by atoms with Gasteiger partial charge in [0.1, 0.15) is 0 Å². The quantitative estimate of drug-likeness (QED) is 0.836. The number of aliphatic carboxylic acids is 1. The van der Waals surface area contributed by atoms with Gasteiger partial charge < -0.3 is 19.9 Å². The molecule has 0 saturated carbocycles. The van der Waals surface area contributed by atoms with Crippen molar-refractivity contribution in [3.05, 3.63) is 21.7 Å². The normalized spacial score (nSPS) is 23.8. The molecule has 0 spiro atoms. The maximum Gasteiger partial charge on any atom is 0.307 e. The minimum absolute atomic E-state index is 0.0139. The highest BCUT2D eigenvalue weighted by Gasteiger charge is 2.35. The van der Waals surface area contributed by atoms with Crippen molar-refractivity contribution in [3.63, 3.8) is 0 Å². The zero-order valence-corrected chi connectivity index (χ0v) is 15.0. The predicted molar refractivity (Wildman–Crippen MR) is 90.3 cm³/mol. The lowest BCUT2D eigenvalue weighted by molar-refractivity contribution is -0.141. The van der Waals surface area contributed by atoms with E-state index in [0.29, 0.717) is 26.2 Å². The molecular formula is C17H22BrNO4. The number of nitrogens with one attached hydrogen (secondary N) is 1. The molecule has 1 fully saturated rings. The molecule has 1 aromatic rings. The molecule has 23 heavy (non-hydrogen) atoms. The zero-order valence-electron chi connectivity index (χ0n) is 13.4. The first kappa shape index (κ1) is 16.6. The van der Waals surface area contributed by atoms with Crippen molar-refractivity contribution >= 4 is 21.9 Å². The van der Waals surface area contributed by atoms with Crippen molar-refractivity contribution in [2.45, 2.75) is 38.6 Å². The molecule has 126 valence electrons. The van der Waals surface area contributed by atoms with Gasteiger partial charge in [-0.3, -0.25) is 4.79 Å². The van der Waals surface area contributed by atoms with Crippen LogP contribution in [0, 0.1) is 5.92 Å². The molecule has 3 rings (SSSR count). The summed E-state index contributed by atoms with van der Waals surface area (Å²) >= 11 is 3.66. The first-order valence-corrected chi connectivity index (χ1v) is 8.86. The van der Waals surface area contributed by atoms with Crippen LogP contribution in [0.5, 0.6) is 11.5 Å². The Morgan fingerprint density at radius 1 is 1.39 bits per heavy atom. The van der Waals surface area contributed by atoms with Gasteiger partial charge in [0, 0.05) is 29.0 Å². The van der Waals surface area contributed by atoms with Crippen molar-refractivity contribution in [2.75, 3.05) is 19.8 Å². The highest BCUT2D eigenvalue weighted by Crippen LogP contribution is 2.47. The van der Waals surface area contributed by atoms with Crippen LogP contribution in [0.3, 0.4) is 0 Å². The van der Waals surface area contributed by atoms with Crippen LogP contribution in [0.15, 0.2) is 10.5 Å². The number of ether oxygens (including phenoxy) is 2. The first-order chi connectivity index (χ1) is 11.0. The van der Waals surface area contributed by atoms with E-state index >= 15 is 0 Å². The Morgan fingerprint density at radius 3 is 2.78 bits per heavy atom. The van der Waals surface area contributed by atoms with E-state index in [1.807, 2.05) is 6.07 Å². The Morgan fingerprint density at radius 2 is 2.13 bits per heavy atom. The summed E-state index contributed by atoms with van der Waals surface area (Å²) in [5.41, 5.74) is 2.22. The molecule has 0 aromatic heterocycles. The Kier molecular flexibility index (Phi) is 4.82. The summed E-state index contributed by atoms with van der Waals surface area (Å²) in [5, 5.41) is 12.6. The van der Waals surface area contributed by atoms with Crippen molar-refractivity contribution < 1.29 is 19.4 Å². The molecule has 2 atom stereocenters. The number of fused-ring (bicyclic) bond motifs is 1. The topological polar surface area (TPSA) is 67.8 Å². The monoisotopic (exact) mass is 383 g/mol. The van der Waals surface area contributed by atoms with Gasteiger partial charge in [0.15, 0.2) is 11.5 Å². The summed E-state index contributed by atoms with van der Waals surface area (Å²) < 4.78 is 12.8. The third kappa shape index (κ3) is 3.19. The number of carbonyl (C=O) groups is 1. The number of hydrogen-bond acceptors (Lipinski definition) is 4. The number of carboxylic acid groups (broad SMARTS) is 1. The van der Waals surface area contributed by atoms with Gasteiger partial charge in [0.05, 0.1) is 19.1 Å². The second kappa shape index (κ2) is 6.69. The fourth-order valence-corrected chi connectivity index (χ4v) is 4.08. The molecule has 5 nitrogen and oxygen atoms in total. The molecule has 0 aliphatic carbocycles. The molecule has 0 radical (unpaired) electrons. The molecular weight excluding hydrogens is 362 g/mol. The van der Waals surface area contributed by atoms with Gasteiger partial charge >= 0.3 is 5.97 Å². The molecule has 6 heteroatoms. The van der Waals surface area contributed by atoms with Crippen LogP contribution in [-0.4, -0.2) is 30.8 Å². The van der Waals surface area contributed by atoms with E-state index in [1.165, 1.54) is 0 Å². The van der Waals surface area contributed by atoms with Gasteiger partial charge in [-0.2, -0.15) is 0 Å². The average Bonchev–Trinajstić information content (AvgIpc) is 2.86. The van der Waals surface area contributed by atoms with Gasteiger partial charge in [-0.05, 0) is 24.0 Å². The number of halogens is 1. The molecule has 2 unspecified atom stereocenters. The Hall–Kier alpha value is -1.27. The standard InChI is InChI=1S/C17H22BrNO4/c1-9(2)14-15(12-6-10(8-19-12)17(20)21)11(18)7-13-16(14)23-5-3-4-22-13/h7,9-10,12,19H,3-6,8H2,1-2H3,(H,20,21). The van der Waals surface area contributed by atoms with Crippen molar-refractivity contribution in [2.24, 2.45) is 5.92 Å². The molecule has 2 heterocycles. The highest BCUT2D eigenvalue weighted by atomic mass is 79.9. The molecule has 2 aliphatic rings. The van der Waals surface area contributed by atoms with Crippen molar-refractivity contribution in [3.8, 4) is 11.5 Å². The zero-order chi connectivity index (χ0) is 16.6. The average molecular weight is 384 g/mol. The first-order valence-electron chi connectivity index (χ1n) is 8.07. The summed E-state index contributed by atoms with van der Waals surface area (Å²) in [5.74, 6) is 0.758. The third-order valence-electron chi connectivity index (χ3n) is 4.47. The van der Waals surface area contributed by atoms with E-state index < -0.39 is 5.97 Å². The second-order valence-corrected chi connectivity index (χ2v) is 7.30. The van der Waals surface area contributed by atoms with E-state index in [0.717, 1.165) is 33.5 Å². The van der Waals surface area contributed by atoms with E-state index in [9.17, 15) is 9.90 Å². The lowest BCUT2D eigenvalue weighted by Crippen LogP contribution is -2.18. The Bertz CT molecular complexity index is 617. The van der Waals surface area contributed by atoms with Crippen LogP contribution < -0.4 is 14.8 Å². The predicted octanol–water partition coefficient (Wildman–Crippen LogP) is 3.47. The molecule has 2 aliphatic heterocycles. The van der Waals surface area contributed by atoms with Crippen LogP contribution in [-0.2, 0) is 4.79 Å². The lowest BCUT2D eigenvalue weighted by atomic mass is 9.89. The van der Waals surface area contributed by atoms with Gasteiger partial charge in [-0.25, -0.2) is 0 Å². The van der Waals surface area contributed by atoms with Crippen LogP contribution in [0.4, 0.5) is 0 Å². The lowest BCUT2D eigenvalue weighted by Gasteiger charge is -2.24. The van der Waals surface area contributed by atoms with Crippen LogP contribution >= 0.6 is 15.9 Å². The number of benzene rings is 1. The smallest absolute Gasteiger partial charge is 0.307 e. The highest BCUT2D eigenvalue weighted by molar-refractivity contribution is 9.10. The van der Waals surface area contributed by atoms with Gasteiger partial charge in [-0.1, -0.05) is 29.8 Å². The van der Waals surface area contributed by atoms with Crippen LogP contribution in [0.2, 0.25) is 0 Å². The minimum Gasteiger partial charge on any atom is -0.490 e. The molecule has 0 amide bonds. The van der Waals surface area contributed by atoms with Crippen LogP contribution in [0.1, 0.15) is 49.8 Å². The fraction of sp³-hybridized carbons (Fsp3) is 0.588. The summed E-state index contributed by atoms with van der Waals surface area (Å²) in [6.07, 6.45) is 1.45. The van der Waals surface area contributed by atoms with Gasteiger partial charge in [0.2, 0.25) is 0 Å². The number of carboxylic acids is 1. The summed E-state index contributed by atoms with van der Waals surface area (Å²) in [7, 11) is 0. The summed E-state index contributed by atoms with van der Waals surface area (Å²) in [6.45, 7) is 6.05. The van der Waals surface area contributed by atoms with Gasteiger partial charge in [0.25, 0.3) is 0 Å². The molecule has 1 saturated heterocycles. The van der Waals surface area contributed by atoms with E-state index in [2.05, 4.69) is 35.1 Å². The van der Waals surface area contributed by atoms with Gasteiger partial charge in [-0.15, -0.1) is 0 Å². The van der Waals surface area contributed by atoms with Crippen LogP contribution in [0.25, 0.3) is 0 Å². The number of hydrogen-bond donors (Lipinski definition) is 2.